The highest BCUT2D eigenvalue weighted by Crippen LogP contribution is 2.37. The fourth-order valence-corrected chi connectivity index (χ4v) is 4.82. The van der Waals surface area contributed by atoms with Gasteiger partial charge in [-0.15, -0.1) is 0 Å². The van der Waals surface area contributed by atoms with E-state index in [0.29, 0.717) is 0 Å². The number of fused-ring (bicyclic) bond motifs is 2. The van der Waals surface area contributed by atoms with Crippen molar-refractivity contribution in [1.29, 1.82) is 0 Å². The summed E-state index contributed by atoms with van der Waals surface area (Å²) >= 11 is 0. The fourth-order valence-electron chi connectivity index (χ4n) is 4.82. The van der Waals surface area contributed by atoms with E-state index < -0.39 is 0 Å². The number of hydrogen-bond donors (Lipinski definition) is 0. The summed E-state index contributed by atoms with van der Waals surface area (Å²) in [6, 6.07) is 2.96. The first-order chi connectivity index (χ1) is 10.9. The van der Waals surface area contributed by atoms with Gasteiger partial charge in [-0.1, -0.05) is 0 Å². The SMILES string of the molecule is c1cnn(CCC2CCN(CCN3C[C@@H]4CC[C@H]3C4)CC2)c1. The van der Waals surface area contributed by atoms with E-state index in [1.54, 1.807) is 0 Å². The van der Waals surface area contributed by atoms with Crippen molar-refractivity contribution < 1.29 is 0 Å². The van der Waals surface area contributed by atoms with Crippen molar-refractivity contribution in [3.63, 3.8) is 0 Å². The zero-order valence-corrected chi connectivity index (χ0v) is 13.7. The van der Waals surface area contributed by atoms with E-state index in [-0.39, 0.29) is 0 Å². The van der Waals surface area contributed by atoms with Gasteiger partial charge in [-0.2, -0.15) is 5.10 Å². The molecule has 2 saturated heterocycles. The van der Waals surface area contributed by atoms with Crippen LogP contribution in [0.1, 0.15) is 38.5 Å². The minimum atomic E-state index is 0.906. The quantitative estimate of drug-likeness (QED) is 0.807. The summed E-state index contributed by atoms with van der Waals surface area (Å²) in [5.41, 5.74) is 0. The zero-order chi connectivity index (χ0) is 14.8. The van der Waals surface area contributed by atoms with Crippen LogP contribution in [0.5, 0.6) is 0 Å². The molecule has 4 rings (SSSR count). The normalized spacial score (nSPS) is 30.4. The van der Waals surface area contributed by atoms with Crippen molar-refractivity contribution in [3.05, 3.63) is 18.5 Å². The van der Waals surface area contributed by atoms with Gasteiger partial charge >= 0.3 is 0 Å². The molecule has 1 aromatic rings. The monoisotopic (exact) mass is 302 g/mol. The number of rotatable bonds is 6. The van der Waals surface area contributed by atoms with E-state index in [2.05, 4.69) is 25.8 Å². The van der Waals surface area contributed by atoms with Gasteiger partial charge in [0.05, 0.1) is 0 Å². The number of piperidine rings is 2. The molecule has 4 nitrogen and oxygen atoms in total. The van der Waals surface area contributed by atoms with E-state index in [0.717, 1.165) is 24.4 Å². The van der Waals surface area contributed by atoms with Gasteiger partial charge in [0.1, 0.15) is 0 Å². The molecule has 2 aliphatic heterocycles. The second-order valence-electron chi connectivity index (χ2n) is 7.67. The molecule has 3 aliphatic rings. The Morgan fingerprint density at radius 3 is 2.59 bits per heavy atom. The maximum atomic E-state index is 4.31. The highest BCUT2D eigenvalue weighted by Gasteiger charge is 2.37. The van der Waals surface area contributed by atoms with Crippen LogP contribution in [0.15, 0.2) is 18.5 Å². The predicted octanol–water partition coefficient (Wildman–Crippen LogP) is 2.47. The van der Waals surface area contributed by atoms with Crippen LogP contribution in [0.4, 0.5) is 0 Å². The molecule has 0 unspecified atom stereocenters. The molecule has 22 heavy (non-hydrogen) atoms. The van der Waals surface area contributed by atoms with Gasteiger partial charge in [0.15, 0.2) is 0 Å². The standard InChI is InChI=1S/C18H30N4/c1-7-19-22(8-1)11-6-16-4-9-20(10-5-16)12-13-21-15-17-2-3-18(21)14-17/h1,7-8,16-18H,2-6,9-15H2/t17-,18+/m1/s1. The molecular formula is C18H30N4. The maximum Gasteiger partial charge on any atom is 0.0489 e. The summed E-state index contributed by atoms with van der Waals surface area (Å²) in [5.74, 6) is 1.95. The van der Waals surface area contributed by atoms with Crippen molar-refractivity contribution >= 4 is 0 Å². The molecule has 0 radical (unpaired) electrons. The number of hydrogen-bond acceptors (Lipinski definition) is 3. The van der Waals surface area contributed by atoms with Gasteiger partial charge in [-0.05, 0) is 69.5 Å². The zero-order valence-electron chi connectivity index (χ0n) is 13.7. The topological polar surface area (TPSA) is 24.3 Å². The molecule has 0 aromatic carbocycles. The lowest BCUT2D eigenvalue weighted by molar-refractivity contribution is 0.136. The Morgan fingerprint density at radius 1 is 1.00 bits per heavy atom. The number of likely N-dealkylation sites (tertiary alicyclic amines) is 2. The van der Waals surface area contributed by atoms with Crippen molar-refractivity contribution in [2.75, 3.05) is 32.7 Å². The number of aromatic nitrogens is 2. The molecule has 122 valence electrons. The van der Waals surface area contributed by atoms with Crippen molar-refractivity contribution in [2.24, 2.45) is 11.8 Å². The summed E-state index contributed by atoms with van der Waals surface area (Å²) in [7, 11) is 0. The Morgan fingerprint density at radius 2 is 1.91 bits per heavy atom. The van der Waals surface area contributed by atoms with E-state index in [4.69, 9.17) is 0 Å². The molecule has 2 atom stereocenters. The third kappa shape index (κ3) is 3.38. The molecule has 0 amide bonds. The van der Waals surface area contributed by atoms with E-state index in [9.17, 15) is 0 Å². The highest BCUT2D eigenvalue weighted by atomic mass is 15.3. The average Bonchev–Trinajstić information content (AvgIpc) is 3.29. The first-order valence-corrected chi connectivity index (χ1v) is 9.30. The minimum Gasteiger partial charge on any atom is -0.302 e. The van der Waals surface area contributed by atoms with Crippen LogP contribution in [0, 0.1) is 11.8 Å². The van der Waals surface area contributed by atoms with E-state index in [1.807, 2.05) is 12.3 Å². The lowest BCUT2D eigenvalue weighted by Gasteiger charge is -2.34. The van der Waals surface area contributed by atoms with Gasteiger partial charge in [-0.25, -0.2) is 0 Å². The first-order valence-electron chi connectivity index (χ1n) is 9.30. The maximum absolute atomic E-state index is 4.31. The molecule has 3 fully saturated rings. The molecule has 3 heterocycles. The minimum absolute atomic E-state index is 0.906. The van der Waals surface area contributed by atoms with Crippen LogP contribution in [0.25, 0.3) is 0 Å². The summed E-state index contributed by atoms with van der Waals surface area (Å²) < 4.78 is 2.08. The van der Waals surface area contributed by atoms with Gasteiger partial charge in [0, 0.05) is 44.6 Å². The highest BCUT2D eigenvalue weighted by molar-refractivity contribution is 4.92. The largest absolute Gasteiger partial charge is 0.302 e. The number of aryl methyl sites for hydroxylation is 1. The van der Waals surface area contributed by atoms with Gasteiger partial charge in [0.2, 0.25) is 0 Å². The van der Waals surface area contributed by atoms with Gasteiger partial charge in [0.25, 0.3) is 0 Å². The third-order valence-corrected chi connectivity index (χ3v) is 6.26. The van der Waals surface area contributed by atoms with Crippen molar-refractivity contribution in [1.82, 2.24) is 19.6 Å². The Bertz CT molecular complexity index is 450. The smallest absolute Gasteiger partial charge is 0.0489 e. The van der Waals surface area contributed by atoms with Crippen LogP contribution in [0.2, 0.25) is 0 Å². The van der Waals surface area contributed by atoms with Gasteiger partial charge < -0.3 is 4.90 Å². The third-order valence-electron chi connectivity index (χ3n) is 6.26. The summed E-state index contributed by atoms with van der Waals surface area (Å²) in [5, 5.41) is 4.31. The van der Waals surface area contributed by atoms with E-state index in [1.165, 1.54) is 71.2 Å². The second kappa shape index (κ2) is 6.71. The lowest BCUT2D eigenvalue weighted by Crippen LogP contribution is -2.42. The fraction of sp³-hybridized carbons (Fsp3) is 0.833. The molecule has 1 aliphatic carbocycles. The molecule has 1 aromatic heterocycles. The van der Waals surface area contributed by atoms with Crippen LogP contribution in [-0.2, 0) is 6.54 Å². The molecular weight excluding hydrogens is 272 g/mol. The summed E-state index contributed by atoms with van der Waals surface area (Å²) in [4.78, 5) is 5.48. The molecule has 4 heteroatoms. The molecule has 1 saturated carbocycles. The van der Waals surface area contributed by atoms with Crippen LogP contribution >= 0.6 is 0 Å². The van der Waals surface area contributed by atoms with Crippen LogP contribution in [-0.4, -0.2) is 58.3 Å². The Hall–Kier alpha value is -0.870. The average molecular weight is 302 g/mol. The Labute approximate surface area is 134 Å². The Kier molecular flexibility index (Phi) is 4.49. The predicted molar refractivity (Wildman–Crippen MR) is 88.7 cm³/mol. The summed E-state index contributed by atoms with van der Waals surface area (Å²) in [6.07, 6.45) is 12.5. The van der Waals surface area contributed by atoms with Crippen LogP contribution < -0.4 is 0 Å². The molecule has 0 N–H and O–H groups in total. The van der Waals surface area contributed by atoms with Gasteiger partial charge in [-0.3, -0.25) is 9.58 Å². The second-order valence-corrected chi connectivity index (χ2v) is 7.67. The Balaban J connectivity index is 1.13. The van der Waals surface area contributed by atoms with Crippen molar-refractivity contribution in [2.45, 2.75) is 51.1 Å². The molecule has 0 spiro atoms. The van der Waals surface area contributed by atoms with Crippen LogP contribution in [0.3, 0.4) is 0 Å². The number of nitrogens with zero attached hydrogens (tertiary/aromatic N) is 4. The lowest BCUT2D eigenvalue weighted by atomic mass is 9.93. The molecule has 2 bridgehead atoms. The first kappa shape index (κ1) is 14.7. The van der Waals surface area contributed by atoms with Crippen molar-refractivity contribution in [3.8, 4) is 0 Å². The summed E-state index contributed by atoms with van der Waals surface area (Å²) in [6.45, 7) is 7.73. The van der Waals surface area contributed by atoms with E-state index >= 15 is 0 Å².